The molecule has 1 aromatic heterocycles. The first-order chi connectivity index (χ1) is 11.2. The van der Waals surface area contributed by atoms with Crippen LogP contribution in [0.1, 0.15) is 32.1 Å². The first-order valence-electron chi connectivity index (χ1n) is 8.16. The zero-order chi connectivity index (χ0) is 15.8. The van der Waals surface area contributed by atoms with Crippen LogP contribution in [-0.2, 0) is 9.59 Å². The molecule has 0 radical (unpaired) electrons. The zero-order valence-electron chi connectivity index (χ0n) is 12.8. The largest absolute Gasteiger partial charge is 0.339 e. The Labute approximate surface area is 138 Å². The maximum atomic E-state index is 12.5. The highest BCUT2D eigenvalue weighted by Gasteiger charge is 2.38. The van der Waals surface area contributed by atoms with Gasteiger partial charge in [0.05, 0.1) is 16.1 Å². The summed E-state index contributed by atoms with van der Waals surface area (Å²) in [6, 6.07) is 8.17. The van der Waals surface area contributed by atoms with Crippen LogP contribution in [0.5, 0.6) is 0 Å². The van der Waals surface area contributed by atoms with E-state index in [4.69, 9.17) is 0 Å². The number of nitrogens with zero attached hydrogens (tertiary/aromatic N) is 2. The topological polar surface area (TPSA) is 62.3 Å². The molecule has 2 aromatic rings. The number of nitrogens with one attached hydrogen (secondary N) is 1. The fraction of sp³-hybridized carbons (Fsp3) is 0.471. The number of anilines is 1. The van der Waals surface area contributed by atoms with Crippen LogP contribution < -0.4 is 5.32 Å². The summed E-state index contributed by atoms with van der Waals surface area (Å²) in [5.74, 6) is -0.214. The molecule has 1 saturated heterocycles. The number of para-hydroxylation sites is 1. The Balaban J connectivity index is 1.44. The van der Waals surface area contributed by atoms with E-state index >= 15 is 0 Å². The lowest BCUT2D eigenvalue weighted by Gasteiger charge is -2.23. The average molecular weight is 329 g/mol. The molecule has 0 unspecified atom stereocenters. The van der Waals surface area contributed by atoms with Gasteiger partial charge < -0.3 is 10.2 Å². The van der Waals surface area contributed by atoms with Gasteiger partial charge in [0.1, 0.15) is 0 Å². The zero-order valence-corrected chi connectivity index (χ0v) is 13.6. The molecule has 2 fully saturated rings. The van der Waals surface area contributed by atoms with Gasteiger partial charge in [-0.2, -0.15) is 0 Å². The number of rotatable bonds is 3. The van der Waals surface area contributed by atoms with Crippen molar-refractivity contribution in [3.05, 3.63) is 24.3 Å². The number of aromatic nitrogens is 1. The van der Waals surface area contributed by atoms with Crippen molar-refractivity contribution in [1.29, 1.82) is 0 Å². The monoisotopic (exact) mass is 329 g/mol. The van der Waals surface area contributed by atoms with Crippen LogP contribution in [0.3, 0.4) is 0 Å². The molecule has 0 bridgehead atoms. The second kappa shape index (κ2) is 5.92. The normalized spacial score (nSPS) is 22.2. The van der Waals surface area contributed by atoms with E-state index in [0.29, 0.717) is 24.1 Å². The van der Waals surface area contributed by atoms with Gasteiger partial charge in [0, 0.05) is 19.0 Å². The van der Waals surface area contributed by atoms with Crippen LogP contribution in [0.2, 0.25) is 0 Å². The smallest absolute Gasteiger partial charge is 0.231 e. The van der Waals surface area contributed by atoms with Gasteiger partial charge in [0.2, 0.25) is 11.8 Å². The predicted octanol–water partition coefficient (Wildman–Crippen LogP) is 3.03. The Bertz CT molecular complexity index is 718. The van der Waals surface area contributed by atoms with E-state index in [0.717, 1.165) is 23.1 Å². The van der Waals surface area contributed by atoms with Crippen LogP contribution in [0.25, 0.3) is 10.2 Å². The van der Waals surface area contributed by atoms with Gasteiger partial charge in [-0.25, -0.2) is 4.98 Å². The van der Waals surface area contributed by atoms with Gasteiger partial charge in [-0.3, -0.25) is 9.59 Å². The number of benzene rings is 1. The molecule has 5 nitrogen and oxygen atoms in total. The third-order valence-electron chi connectivity index (χ3n) is 4.82. The highest BCUT2D eigenvalue weighted by atomic mass is 32.1. The minimum atomic E-state index is -0.255. The summed E-state index contributed by atoms with van der Waals surface area (Å²) in [4.78, 5) is 31.0. The lowest BCUT2D eigenvalue weighted by molar-refractivity contribution is -0.129. The quantitative estimate of drug-likeness (QED) is 0.941. The number of carbonyl (C=O) groups is 2. The van der Waals surface area contributed by atoms with E-state index in [2.05, 4.69) is 10.3 Å². The minimum absolute atomic E-state index is 0.0853. The molecular formula is C17H19N3O2S. The Hall–Kier alpha value is -1.95. The molecule has 6 heteroatoms. The van der Waals surface area contributed by atoms with E-state index in [1.807, 2.05) is 29.2 Å². The summed E-state index contributed by atoms with van der Waals surface area (Å²) in [5, 5.41) is 3.51. The molecule has 120 valence electrons. The number of likely N-dealkylation sites (tertiary alicyclic amines) is 1. The first kappa shape index (κ1) is 14.6. The molecule has 1 saturated carbocycles. The van der Waals surface area contributed by atoms with Crippen molar-refractivity contribution in [3.63, 3.8) is 0 Å². The van der Waals surface area contributed by atoms with Crippen molar-refractivity contribution in [2.45, 2.75) is 38.1 Å². The Morgan fingerprint density at radius 1 is 1.26 bits per heavy atom. The lowest BCUT2D eigenvalue weighted by Crippen LogP contribution is -2.35. The Kier molecular flexibility index (Phi) is 3.77. The van der Waals surface area contributed by atoms with E-state index in [9.17, 15) is 9.59 Å². The molecule has 1 aliphatic carbocycles. The van der Waals surface area contributed by atoms with Crippen molar-refractivity contribution in [2.75, 3.05) is 11.9 Å². The molecule has 0 spiro atoms. The number of thiazole rings is 1. The molecule has 1 atom stereocenters. The highest BCUT2D eigenvalue weighted by molar-refractivity contribution is 7.22. The number of carbonyl (C=O) groups excluding carboxylic acids is 2. The Morgan fingerprint density at radius 3 is 2.83 bits per heavy atom. The van der Waals surface area contributed by atoms with Crippen LogP contribution in [0.15, 0.2) is 24.3 Å². The second-order valence-corrected chi connectivity index (χ2v) is 7.39. The van der Waals surface area contributed by atoms with Gasteiger partial charge in [-0.1, -0.05) is 36.3 Å². The van der Waals surface area contributed by atoms with Crippen molar-refractivity contribution >= 4 is 38.5 Å². The summed E-state index contributed by atoms with van der Waals surface area (Å²) in [6.07, 6.45) is 4.87. The molecule has 2 heterocycles. The van der Waals surface area contributed by atoms with Crippen LogP contribution in [0, 0.1) is 5.92 Å². The maximum Gasteiger partial charge on any atom is 0.231 e. The summed E-state index contributed by atoms with van der Waals surface area (Å²) < 4.78 is 1.05. The van der Waals surface area contributed by atoms with Gasteiger partial charge in [-0.15, -0.1) is 0 Å². The van der Waals surface area contributed by atoms with Gasteiger partial charge in [-0.05, 0) is 25.0 Å². The third-order valence-corrected chi connectivity index (χ3v) is 5.77. The van der Waals surface area contributed by atoms with Gasteiger partial charge >= 0.3 is 0 Å². The standard InChI is InChI=1S/C17H19N3O2S/c21-15-9-11(10-20(15)12-5-1-2-6-12)16(22)19-17-18-13-7-3-4-8-14(13)23-17/h3-4,7-8,11-12H,1-2,5-6,9-10H2,(H,18,19,22)/t11-/m0/s1. The molecular weight excluding hydrogens is 310 g/mol. The summed E-state index contributed by atoms with van der Waals surface area (Å²) in [5.41, 5.74) is 0.892. The van der Waals surface area contributed by atoms with E-state index in [1.165, 1.54) is 24.2 Å². The second-order valence-electron chi connectivity index (χ2n) is 6.36. The highest BCUT2D eigenvalue weighted by Crippen LogP contribution is 2.31. The SMILES string of the molecule is O=C(Nc1nc2ccccc2s1)[C@H]1CC(=O)N(C2CCCC2)C1. The average Bonchev–Trinajstić information content (AvgIpc) is 3.24. The van der Waals surface area contributed by atoms with Crippen molar-refractivity contribution in [1.82, 2.24) is 9.88 Å². The maximum absolute atomic E-state index is 12.5. The number of fused-ring (bicyclic) bond motifs is 1. The fourth-order valence-corrected chi connectivity index (χ4v) is 4.48. The van der Waals surface area contributed by atoms with Gasteiger partial charge in [0.25, 0.3) is 0 Å². The van der Waals surface area contributed by atoms with E-state index in [1.54, 1.807) is 0 Å². The van der Waals surface area contributed by atoms with E-state index < -0.39 is 0 Å². The molecule has 2 aliphatic rings. The predicted molar refractivity (Wildman–Crippen MR) is 90.3 cm³/mol. The number of hydrogen-bond acceptors (Lipinski definition) is 4. The third kappa shape index (κ3) is 2.83. The molecule has 23 heavy (non-hydrogen) atoms. The summed E-state index contributed by atoms with van der Waals surface area (Å²) >= 11 is 1.47. The van der Waals surface area contributed by atoms with Crippen LogP contribution in [-0.4, -0.2) is 34.3 Å². The molecule has 1 aliphatic heterocycles. The molecule has 1 N–H and O–H groups in total. The molecule has 1 aromatic carbocycles. The van der Waals surface area contributed by atoms with E-state index in [-0.39, 0.29) is 17.7 Å². The first-order valence-corrected chi connectivity index (χ1v) is 8.98. The van der Waals surface area contributed by atoms with Crippen molar-refractivity contribution in [2.24, 2.45) is 5.92 Å². The molecule has 2 amide bonds. The van der Waals surface area contributed by atoms with Gasteiger partial charge in [0.15, 0.2) is 5.13 Å². The fourth-order valence-electron chi connectivity index (χ4n) is 3.61. The number of amides is 2. The Morgan fingerprint density at radius 2 is 2.04 bits per heavy atom. The van der Waals surface area contributed by atoms with Crippen molar-refractivity contribution < 1.29 is 9.59 Å². The minimum Gasteiger partial charge on any atom is -0.339 e. The van der Waals surface area contributed by atoms with Crippen molar-refractivity contribution in [3.8, 4) is 0 Å². The summed E-state index contributed by atoms with van der Waals surface area (Å²) in [7, 11) is 0. The number of hydrogen-bond donors (Lipinski definition) is 1. The van der Waals surface area contributed by atoms with Crippen LogP contribution >= 0.6 is 11.3 Å². The summed E-state index contributed by atoms with van der Waals surface area (Å²) in [6.45, 7) is 0.556. The molecule has 4 rings (SSSR count). The lowest BCUT2D eigenvalue weighted by atomic mass is 10.1. The van der Waals surface area contributed by atoms with Crippen LogP contribution in [0.4, 0.5) is 5.13 Å².